The molecule has 0 aliphatic carbocycles. The van der Waals surface area contributed by atoms with Crippen LogP contribution in [0.3, 0.4) is 0 Å². The van der Waals surface area contributed by atoms with Gasteiger partial charge in [-0.1, -0.05) is 11.8 Å². The number of furan rings is 1. The van der Waals surface area contributed by atoms with Crippen LogP contribution in [0.4, 0.5) is 0 Å². The van der Waals surface area contributed by atoms with Crippen LogP contribution in [0, 0.1) is 0 Å². The maximum absolute atomic E-state index is 12.7. The molecule has 0 bridgehead atoms. The van der Waals surface area contributed by atoms with Gasteiger partial charge in [-0.15, -0.1) is 0 Å². The zero-order valence-electron chi connectivity index (χ0n) is 12.4. The zero-order valence-corrected chi connectivity index (χ0v) is 13.3. The third-order valence-corrected chi connectivity index (χ3v) is 4.25. The number of benzene rings is 1. The molecule has 4 rings (SSSR count). The highest BCUT2D eigenvalue weighted by molar-refractivity contribution is 7.98. The van der Waals surface area contributed by atoms with Crippen molar-refractivity contribution in [2.75, 3.05) is 19.5 Å². The molecule has 3 heterocycles. The second kappa shape index (κ2) is 5.66. The number of nitrogens with zero attached hydrogens (tertiary/aromatic N) is 2. The van der Waals surface area contributed by atoms with Crippen molar-refractivity contribution in [3.05, 3.63) is 36.3 Å². The fourth-order valence-corrected chi connectivity index (χ4v) is 3.11. The predicted molar refractivity (Wildman–Crippen MR) is 85.6 cm³/mol. The van der Waals surface area contributed by atoms with E-state index in [0.717, 1.165) is 6.42 Å². The first-order chi connectivity index (χ1) is 11.3. The Morgan fingerprint density at radius 2 is 2.04 bits per heavy atom. The van der Waals surface area contributed by atoms with E-state index in [4.69, 9.17) is 13.9 Å². The first kappa shape index (κ1) is 14.2. The highest BCUT2D eigenvalue weighted by Crippen LogP contribution is 2.36. The SMILES string of the molecule is CSc1nc2cc3c(cc2n1C(=O)c1ccco1)OCCCO3. The fourth-order valence-electron chi connectivity index (χ4n) is 2.56. The Bertz CT molecular complexity index is 870. The molecule has 1 aromatic carbocycles. The minimum absolute atomic E-state index is 0.253. The van der Waals surface area contributed by atoms with Gasteiger partial charge in [-0.3, -0.25) is 9.36 Å². The molecule has 3 aromatic rings. The average molecular weight is 330 g/mol. The lowest BCUT2D eigenvalue weighted by Gasteiger charge is -2.08. The molecule has 0 atom stereocenters. The van der Waals surface area contributed by atoms with Crippen LogP contribution >= 0.6 is 11.8 Å². The summed E-state index contributed by atoms with van der Waals surface area (Å²) in [6, 6.07) is 6.96. The molecule has 0 radical (unpaired) electrons. The van der Waals surface area contributed by atoms with Crippen LogP contribution in [-0.4, -0.2) is 34.9 Å². The number of carbonyl (C=O) groups is 1. The maximum atomic E-state index is 12.7. The van der Waals surface area contributed by atoms with Crippen LogP contribution in [0.2, 0.25) is 0 Å². The number of thioether (sulfide) groups is 1. The number of fused-ring (bicyclic) bond motifs is 2. The first-order valence-corrected chi connectivity index (χ1v) is 8.44. The van der Waals surface area contributed by atoms with Crippen molar-refractivity contribution < 1.29 is 18.7 Å². The molecule has 23 heavy (non-hydrogen) atoms. The Kier molecular flexibility index (Phi) is 3.49. The lowest BCUT2D eigenvalue weighted by Crippen LogP contribution is -2.12. The van der Waals surface area contributed by atoms with Crippen LogP contribution in [0.15, 0.2) is 40.1 Å². The molecular formula is C16H14N2O4S. The number of hydrogen-bond acceptors (Lipinski definition) is 6. The smallest absolute Gasteiger partial charge is 0.300 e. The minimum atomic E-state index is -0.253. The highest BCUT2D eigenvalue weighted by atomic mass is 32.2. The second-order valence-electron chi connectivity index (χ2n) is 5.05. The van der Waals surface area contributed by atoms with Gasteiger partial charge >= 0.3 is 0 Å². The molecule has 2 aromatic heterocycles. The Hall–Kier alpha value is -2.41. The zero-order chi connectivity index (χ0) is 15.8. The molecule has 0 unspecified atom stereocenters. The third kappa shape index (κ3) is 2.37. The standard InChI is InChI=1S/C16H14N2O4S/c1-23-16-17-10-8-13-14(22-7-3-6-21-13)9-11(10)18(16)15(19)12-4-2-5-20-12/h2,4-5,8-9H,3,6-7H2,1H3. The molecule has 7 heteroatoms. The van der Waals surface area contributed by atoms with Gasteiger partial charge in [0.25, 0.3) is 5.91 Å². The summed E-state index contributed by atoms with van der Waals surface area (Å²) in [5.74, 6) is 1.32. The molecule has 0 fully saturated rings. The van der Waals surface area contributed by atoms with Gasteiger partial charge in [-0.2, -0.15) is 0 Å². The number of ether oxygens (including phenoxy) is 2. The van der Waals surface area contributed by atoms with Gasteiger partial charge in [0, 0.05) is 18.6 Å². The fraction of sp³-hybridized carbons (Fsp3) is 0.250. The van der Waals surface area contributed by atoms with Crippen LogP contribution < -0.4 is 9.47 Å². The van der Waals surface area contributed by atoms with Gasteiger partial charge < -0.3 is 13.9 Å². The summed E-state index contributed by atoms with van der Waals surface area (Å²) < 4.78 is 18.2. The van der Waals surface area contributed by atoms with E-state index in [0.29, 0.717) is 40.9 Å². The molecule has 6 nitrogen and oxygen atoms in total. The first-order valence-electron chi connectivity index (χ1n) is 7.22. The van der Waals surface area contributed by atoms with Crippen molar-refractivity contribution in [1.82, 2.24) is 9.55 Å². The van der Waals surface area contributed by atoms with E-state index in [-0.39, 0.29) is 11.7 Å². The van der Waals surface area contributed by atoms with E-state index in [1.165, 1.54) is 18.0 Å². The largest absolute Gasteiger partial charge is 0.489 e. The van der Waals surface area contributed by atoms with Crippen molar-refractivity contribution in [3.63, 3.8) is 0 Å². The lowest BCUT2D eigenvalue weighted by molar-refractivity contribution is 0.0927. The minimum Gasteiger partial charge on any atom is -0.489 e. The Morgan fingerprint density at radius 1 is 1.26 bits per heavy atom. The highest BCUT2D eigenvalue weighted by Gasteiger charge is 2.22. The molecular weight excluding hydrogens is 316 g/mol. The van der Waals surface area contributed by atoms with E-state index < -0.39 is 0 Å². The van der Waals surface area contributed by atoms with Crippen molar-refractivity contribution in [3.8, 4) is 11.5 Å². The second-order valence-corrected chi connectivity index (χ2v) is 5.83. The van der Waals surface area contributed by atoms with E-state index in [9.17, 15) is 4.79 Å². The maximum Gasteiger partial charge on any atom is 0.300 e. The monoisotopic (exact) mass is 330 g/mol. The lowest BCUT2D eigenvalue weighted by atomic mass is 10.2. The normalized spacial score (nSPS) is 14.0. The summed E-state index contributed by atoms with van der Waals surface area (Å²) in [5.41, 5.74) is 1.37. The predicted octanol–water partition coefficient (Wildman–Crippen LogP) is 3.20. The number of rotatable bonds is 2. The van der Waals surface area contributed by atoms with Gasteiger partial charge in [0.1, 0.15) is 0 Å². The van der Waals surface area contributed by atoms with Crippen LogP contribution in [0.1, 0.15) is 17.0 Å². The van der Waals surface area contributed by atoms with Crippen molar-refractivity contribution in [1.29, 1.82) is 0 Å². The topological polar surface area (TPSA) is 66.5 Å². The van der Waals surface area contributed by atoms with Gasteiger partial charge in [0.15, 0.2) is 22.4 Å². The van der Waals surface area contributed by atoms with E-state index in [2.05, 4.69) is 4.98 Å². The van der Waals surface area contributed by atoms with Gasteiger partial charge in [0.2, 0.25) is 0 Å². The quantitative estimate of drug-likeness (QED) is 0.672. The summed E-state index contributed by atoms with van der Waals surface area (Å²) in [7, 11) is 0. The summed E-state index contributed by atoms with van der Waals surface area (Å²) in [4.78, 5) is 17.3. The molecule has 0 N–H and O–H groups in total. The number of aromatic nitrogens is 2. The molecule has 1 aliphatic heterocycles. The van der Waals surface area contributed by atoms with Gasteiger partial charge in [-0.05, 0) is 18.4 Å². The van der Waals surface area contributed by atoms with Crippen molar-refractivity contribution in [2.45, 2.75) is 11.6 Å². The average Bonchev–Trinajstić information content (AvgIpc) is 3.15. The molecule has 0 amide bonds. The van der Waals surface area contributed by atoms with E-state index >= 15 is 0 Å². The number of imidazole rings is 1. The Morgan fingerprint density at radius 3 is 2.74 bits per heavy atom. The molecule has 1 aliphatic rings. The summed E-state index contributed by atoms with van der Waals surface area (Å²) in [6.45, 7) is 1.20. The van der Waals surface area contributed by atoms with Gasteiger partial charge in [-0.25, -0.2) is 4.98 Å². The van der Waals surface area contributed by atoms with E-state index in [1.807, 2.05) is 18.4 Å². The number of carbonyl (C=O) groups excluding carboxylic acids is 1. The van der Waals surface area contributed by atoms with Crippen molar-refractivity contribution in [2.24, 2.45) is 0 Å². The van der Waals surface area contributed by atoms with Crippen LogP contribution in [0.25, 0.3) is 11.0 Å². The number of hydrogen-bond donors (Lipinski definition) is 0. The Balaban J connectivity index is 1.91. The summed E-state index contributed by atoms with van der Waals surface area (Å²) in [5, 5.41) is 0.599. The summed E-state index contributed by atoms with van der Waals surface area (Å²) >= 11 is 1.40. The van der Waals surface area contributed by atoms with Crippen LogP contribution in [-0.2, 0) is 0 Å². The van der Waals surface area contributed by atoms with E-state index in [1.54, 1.807) is 16.7 Å². The molecule has 0 saturated heterocycles. The molecule has 118 valence electrons. The third-order valence-electron chi connectivity index (χ3n) is 3.61. The van der Waals surface area contributed by atoms with Crippen LogP contribution in [0.5, 0.6) is 11.5 Å². The van der Waals surface area contributed by atoms with Crippen molar-refractivity contribution >= 4 is 28.7 Å². The molecule has 0 spiro atoms. The molecule has 0 saturated carbocycles. The van der Waals surface area contributed by atoms with Gasteiger partial charge in [0.05, 0.1) is 30.5 Å². The Labute approximate surface area is 136 Å². The summed E-state index contributed by atoms with van der Waals surface area (Å²) in [6.07, 6.45) is 4.19.